The fourth-order valence-electron chi connectivity index (χ4n) is 0.264. The molecule has 0 aliphatic rings. The Morgan fingerprint density at radius 1 is 1.17 bits per heavy atom. The van der Waals surface area contributed by atoms with Gasteiger partial charge >= 0.3 is 5.97 Å². The van der Waals surface area contributed by atoms with Gasteiger partial charge < -0.3 is 31.4 Å². The first-order chi connectivity index (χ1) is 4.46. The zero-order chi connectivity index (χ0) is 8.31. The molecule has 7 N–H and O–H groups in total. The first-order valence-corrected chi connectivity index (χ1v) is 2.26. The van der Waals surface area contributed by atoms with Crippen molar-refractivity contribution in [1.82, 2.24) is 6.15 Å². The Kier molecular flexibility index (Phi) is 10.5. The predicted octanol–water partition coefficient (Wildman–Crippen LogP) is -3.08. The van der Waals surface area contributed by atoms with Crippen molar-refractivity contribution in [2.45, 2.75) is 12.2 Å². The van der Waals surface area contributed by atoms with Crippen molar-refractivity contribution < 1.29 is 51.7 Å². The molecule has 0 saturated heterocycles. The van der Waals surface area contributed by atoms with Crippen LogP contribution in [0.25, 0.3) is 0 Å². The standard InChI is InChI=1S/C4H6O6.H3N.Ti/c5-1(3(7)8)2(6)4(9)10;;/h1-2,5-6H,(H,7,8)(H,9,10);1H3;. The monoisotopic (exact) mass is 215 g/mol. The molecule has 12 heavy (non-hydrogen) atoms. The largest absolute Gasteiger partial charge is 0.547 e. The van der Waals surface area contributed by atoms with Crippen LogP contribution in [0.15, 0.2) is 0 Å². The normalized spacial score (nSPS) is 13.2. The molecule has 2 atom stereocenters. The maximum Gasteiger partial charge on any atom is 0.335 e. The topological polar surface area (TPSA) is 154 Å². The van der Waals surface area contributed by atoms with Crippen LogP contribution in [0.4, 0.5) is 0 Å². The summed E-state index contributed by atoms with van der Waals surface area (Å²) in [7, 11) is 0. The molecule has 0 aromatic rings. The summed E-state index contributed by atoms with van der Waals surface area (Å²) in [4.78, 5) is 19.4. The molecule has 0 spiro atoms. The number of hydrogen-bond acceptors (Lipinski definition) is 5. The molecule has 7 nitrogen and oxygen atoms in total. The second-order valence-corrected chi connectivity index (χ2v) is 1.55. The Bertz CT molecular complexity index is 144. The van der Waals surface area contributed by atoms with E-state index in [4.69, 9.17) is 15.3 Å². The van der Waals surface area contributed by atoms with Crippen molar-refractivity contribution >= 4 is 11.9 Å². The van der Waals surface area contributed by atoms with Gasteiger partial charge in [-0.25, -0.2) is 4.79 Å². The third kappa shape index (κ3) is 5.22. The number of aliphatic hydroxyl groups excluding tert-OH is 2. The summed E-state index contributed by atoms with van der Waals surface area (Å²) in [5, 5.41) is 34.1. The molecule has 0 bridgehead atoms. The van der Waals surface area contributed by atoms with Crippen molar-refractivity contribution in [3.63, 3.8) is 0 Å². The Morgan fingerprint density at radius 2 is 1.50 bits per heavy atom. The quantitative estimate of drug-likeness (QED) is 0.366. The van der Waals surface area contributed by atoms with Gasteiger partial charge in [-0.3, -0.25) is 0 Å². The number of carbonyl (C=O) groups excluding carboxylic acids is 1. The minimum Gasteiger partial charge on any atom is -0.547 e. The third-order valence-electron chi connectivity index (χ3n) is 0.794. The SMILES string of the molecule is O=C([O-])C(O)C(O)C(=O)O.[NH4+].[Ti]. The van der Waals surface area contributed by atoms with E-state index in [9.17, 15) is 14.7 Å². The van der Waals surface area contributed by atoms with Crippen molar-refractivity contribution in [2.75, 3.05) is 0 Å². The van der Waals surface area contributed by atoms with Crippen LogP contribution in [0.3, 0.4) is 0 Å². The number of rotatable bonds is 3. The maximum atomic E-state index is 9.74. The summed E-state index contributed by atoms with van der Waals surface area (Å²) in [5.41, 5.74) is 0. The smallest absolute Gasteiger partial charge is 0.335 e. The van der Waals surface area contributed by atoms with Gasteiger partial charge in [-0.15, -0.1) is 0 Å². The number of quaternary nitrogens is 1. The second kappa shape index (κ2) is 7.20. The van der Waals surface area contributed by atoms with Crippen LogP contribution < -0.4 is 11.3 Å². The predicted molar refractivity (Wildman–Crippen MR) is 30.6 cm³/mol. The van der Waals surface area contributed by atoms with E-state index in [2.05, 4.69) is 0 Å². The zero-order valence-electron chi connectivity index (χ0n) is 6.22. The summed E-state index contributed by atoms with van der Waals surface area (Å²) < 4.78 is 0. The van der Waals surface area contributed by atoms with E-state index in [0.29, 0.717) is 0 Å². The average Bonchev–Trinajstić information content (AvgIpc) is 1.84. The molecule has 8 heteroatoms. The van der Waals surface area contributed by atoms with Crippen LogP contribution in [0.1, 0.15) is 0 Å². The van der Waals surface area contributed by atoms with Crippen LogP contribution in [-0.4, -0.2) is 39.5 Å². The second-order valence-electron chi connectivity index (χ2n) is 1.55. The molecule has 0 aliphatic carbocycles. The Morgan fingerprint density at radius 3 is 1.58 bits per heavy atom. The number of hydrogen-bond donors (Lipinski definition) is 4. The molecule has 0 amide bonds. The molecule has 0 aromatic heterocycles. The van der Waals surface area contributed by atoms with Gasteiger partial charge in [0.2, 0.25) is 0 Å². The van der Waals surface area contributed by atoms with Crippen LogP contribution >= 0.6 is 0 Å². The van der Waals surface area contributed by atoms with Crippen LogP contribution in [-0.2, 0) is 31.3 Å². The van der Waals surface area contributed by atoms with E-state index in [1.165, 1.54) is 0 Å². The molecule has 0 aromatic carbocycles. The summed E-state index contributed by atoms with van der Waals surface area (Å²) in [5.74, 6) is -3.83. The van der Waals surface area contributed by atoms with Crippen molar-refractivity contribution in [1.29, 1.82) is 0 Å². The summed E-state index contributed by atoms with van der Waals surface area (Å²) >= 11 is 0. The van der Waals surface area contributed by atoms with Crippen molar-refractivity contribution in [2.24, 2.45) is 0 Å². The minimum atomic E-state index is -2.38. The Balaban J connectivity index is -0.000000405. The van der Waals surface area contributed by atoms with Gasteiger partial charge in [-0.05, 0) is 0 Å². The van der Waals surface area contributed by atoms with Crippen LogP contribution in [0.2, 0.25) is 0 Å². The molecule has 0 saturated carbocycles. The van der Waals surface area contributed by atoms with Crippen LogP contribution in [0, 0.1) is 0 Å². The molecule has 0 fully saturated rings. The number of carboxylic acid groups (broad SMARTS) is 2. The van der Waals surface area contributed by atoms with E-state index >= 15 is 0 Å². The van der Waals surface area contributed by atoms with E-state index in [1.807, 2.05) is 0 Å². The molecule has 0 heterocycles. The zero-order valence-corrected chi connectivity index (χ0v) is 7.78. The van der Waals surface area contributed by atoms with Crippen LogP contribution in [0.5, 0.6) is 0 Å². The number of aliphatic carboxylic acids is 2. The van der Waals surface area contributed by atoms with Crippen molar-refractivity contribution in [3.8, 4) is 0 Å². The molecule has 2 unspecified atom stereocenters. The number of carboxylic acids is 2. The number of carbonyl (C=O) groups is 2. The van der Waals surface area contributed by atoms with Gasteiger partial charge in [0.25, 0.3) is 0 Å². The summed E-state index contributed by atoms with van der Waals surface area (Å²) in [6.45, 7) is 0. The van der Waals surface area contributed by atoms with Gasteiger partial charge in [-0.1, -0.05) is 0 Å². The van der Waals surface area contributed by atoms with Gasteiger partial charge in [0.05, 0.1) is 5.97 Å². The fraction of sp³-hybridized carbons (Fsp3) is 0.500. The van der Waals surface area contributed by atoms with E-state index in [1.54, 1.807) is 0 Å². The fourth-order valence-corrected chi connectivity index (χ4v) is 0.264. The Hall–Kier alpha value is -0.466. The molecule has 0 radical (unpaired) electrons. The molecular formula is C4H9NO6Ti. The van der Waals surface area contributed by atoms with Gasteiger partial charge in [0, 0.05) is 21.7 Å². The average molecular weight is 215 g/mol. The summed E-state index contributed by atoms with van der Waals surface area (Å²) in [6, 6.07) is 0. The van der Waals surface area contributed by atoms with E-state index < -0.39 is 24.1 Å². The molecule has 70 valence electrons. The maximum absolute atomic E-state index is 9.74. The van der Waals surface area contributed by atoms with Gasteiger partial charge in [0.1, 0.15) is 6.10 Å². The summed E-state index contributed by atoms with van der Waals surface area (Å²) in [6.07, 6.45) is -4.71. The Labute approximate surface area is 82.5 Å². The van der Waals surface area contributed by atoms with Crippen molar-refractivity contribution in [3.05, 3.63) is 0 Å². The van der Waals surface area contributed by atoms with Gasteiger partial charge in [0.15, 0.2) is 6.10 Å². The minimum absolute atomic E-state index is 0. The molecular weight excluding hydrogens is 206 g/mol. The number of aliphatic hydroxyl groups is 2. The first-order valence-electron chi connectivity index (χ1n) is 2.26. The molecule has 0 rings (SSSR count). The van der Waals surface area contributed by atoms with Gasteiger partial charge in [-0.2, -0.15) is 0 Å². The third-order valence-corrected chi connectivity index (χ3v) is 0.794. The van der Waals surface area contributed by atoms with E-state index in [-0.39, 0.29) is 27.9 Å². The van der Waals surface area contributed by atoms with E-state index in [0.717, 1.165) is 0 Å². The first kappa shape index (κ1) is 17.6. The molecule has 0 aliphatic heterocycles.